The number of halogens is 1. The molecule has 140 valence electrons. The molecule has 0 radical (unpaired) electrons. The van der Waals surface area contributed by atoms with Crippen LogP contribution in [0.25, 0.3) is 0 Å². The van der Waals surface area contributed by atoms with E-state index in [4.69, 9.17) is 14.2 Å². The number of carbonyl (C=O) groups is 1. The molecule has 27 heavy (non-hydrogen) atoms. The van der Waals surface area contributed by atoms with E-state index in [9.17, 15) is 9.18 Å². The highest BCUT2D eigenvalue weighted by Crippen LogP contribution is 2.40. The summed E-state index contributed by atoms with van der Waals surface area (Å²) in [5.74, 6) is 0.876. The molecule has 0 N–H and O–H groups in total. The third-order valence-corrected chi connectivity index (χ3v) is 4.65. The summed E-state index contributed by atoms with van der Waals surface area (Å²) < 4.78 is 30.9. The summed E-state index contributed by atoms with van der Waals surface area (Å²) in [6.07, 6.45) is 1.71. The molecule has 0 amide bonds. The Morgan fingerprint density at radius 1 is 1.04 bits per heavy atom. The van der Waals surface area contributed by atoms with E-state index in [1.807, 2.05) is 0 Å². The first-order chi connectivity index (χ1) is 13.1. The van der Waals surface area contributed by atoms with E-state index in [1.165, 1.54) is 37.7 Å². The van der Waals surface area contributed by atoms with Gasteiger partial charge < -0.3 is 14.2 Å². The highest BCUT2D eigenvalue weighted by Gasteiger charge is 2.18. The lowest BCUT2D eigenvalue weighted by molar-refractivity contribution is -0.117. The van der Waals surface area contributed by atoms with E-state index in [-0.39, 0.29) is 29.9 Å². The number of carbonyl (C=O) groups excluding carboxylic acids is 1. The Kier molecular flexibility index (Phi) is 6.03. The molecule has 0 unspecified atom stereocenters. The van der Waals surface area contributed by atoms with Gasteiger partial charge in [0.1, 0.15) is 17.3 Å². The van der Waals surface area contributed by atoms with Crippen LogP contribution in [0.2, 0.25) is 0 Å². The summed E-state index contributed by atoms with van der Waals surface area (Å²) >= 11 is 1.39. The van der Waals surface area contributed by atoms with Gasteiger partial charge in [-0.1, -0.05) is 12.1 Å². The number of hydrogen-bond acceptors (Lipinski definition) is 6. The van der Waals surface area contributed by atoms with Crippen molar-refractivity contribution in [3.63, 3.8) is 0 Å². The smallest absolute Gasteiger partial charge is 0.203 e. The zero-order valence-corrected chi connectivity index (χ0v) is 15.7. The molecule has 0 spiro atoms. The SMILES string of the molecule is COc1cccc(Oc2cccc(F)c2CC(=O)Cc2nccs2)c1OC. The van der Waals surface area contributed by atoms with Gasteiger partial charge >= 0.3 is 0 Å². The Hall–Kier alpha value is -2.93. The number of benzene rings is 2. The van der Waals surface area contributed by atoms with E-state index >= 15 is 0 Å². The van der Waals surface area contributed by atoms with Gasteiger partial charge in [0.2, 0.25) is 5.75 Å². The van der Waals surface area contributed by atoms with Crippen LogP contribution in [-0.2, 0) is 17.6 Å². The van der Waals surface area contributed by atoms with Crippen molar-refractivity contribution in [2.45, 2.75) is 12.8 Å². The van der Waals surface area contributed by atoms with E-state index in [2.05, 4.69) is 4.98 Å². The number of para-hydroxylation sites is 1. The molecule has 0 fully saturated rings. The fourth-order valence-corrected chi connectivity index (χ4v) is 3.28. The number of Topliss-reactive ketones (excluding diaryl/α,β-unsaturated/α-hetero) is 1. The van der Waals surface area contributed by atoms with Crippen LogP contribution in [-0.4, -0.2) is 25.0 Å². The third-order valence-electron chi connectivity index (χ3n) is 3.87. The molecular weight excluding hydrogens is 369 g/mol. The molecule has 3 rings (SSSR count). The summed E-state index contributed by atoms with van der Waals surface area (Å²) in [6.45, 7) is 0. The molecular formula is C20H18FNO4S. The monoisotopic (exact) mass is 387 g/mol. The van der Waals surface area contributed by atoms with Gasteiger partial charge in [0.25, 0.3) is 0 Å². The van der Waals surface area contributed by atoms with Gasteiger partial charge in [0.05, 0.1) is 25.6 Å². The maximum atomic E-state index is 14.4. The van der Waals surface area contributed by atoms with Crippen LogP contribution in [0.4, 0.5) is 4.39 Å². The average molecular weight is 387 g/mol. The minimum Gasteiger partial charge on any atom is -0.493 e. The Morgan fingerprint density at radius 2 is 1.78 bits per heavy atom. The van der Waals surface area contributed by atoms with E-state index in [0.29, 0.717) is 22.3 Å². The number of thiazole rings is 1. The van der Waals surface area contributed by atoms with Crippen molar-refractivity contribution in [2.24, 2.45) is 0 Å². The molecule has 0 saturated heterocycles. The fraction of sp³-hybridized carbons (Fsp3) is 0.200. The van der Waals surface area contributed by atoms with Gasteiger partial charge in [-0.2, -0.15) is 0 Å². The van der Waals surface area contributed by atoms with Gasteiger partial charge in [-0.15, -0.1) is 11.3 Å². The number of rotatable bonds is 8. The van der Waals surface area contributed by atoms with Crippen LogP contribution in [0.5, 0.6) is 23.0 Å². The van der Waals surface area contributed by atoms with Crippen molar-refractivity contribution in [1.29, 1.82) is 0 Å². The lowest BCUT2D eigenvalue weighted by Crippen LogP contribution is -2.09. The van der Waals surface area contributed by atoms with Crippen molar-refractivity contribution >= 4 is 17.1 Å². The summed E-state index contributed by atoms with van der Waals surface area (Å²) in [6, 6.07) is 9.62. The number of nitrogens with zero attached hydrogens (tertiary/aromatic N) is 1. The van der Waals surface area contributed by atoms with Crippen LogP contribution in [0.15, 0.2) is 48.0 Å². The molecule has 0 aliphatic rings. The molecule has 0 saturated carbocycles. The van der Waals surface area contributed by atoms with Crippen molar-refractivity contribution in [1.82, 2.24) is 4.98 Å². The van der Waals surface area contributed by atoms with Crippen LogP contribution >= 0.6 is 11.3 Å². The largest absolute Gasteiger partial charge is 0.493 e. The van der Waals surface area contributed by atoms with Crippen molar-refractivity contribution in [3.05, 3.63) is 64.4 Å². The number of methoxy groups -OCH3 is 2. The highest BCUT2D eigenvalue weighted by atomic mass is 32.1. The molecule has 7 heteroatoms. The predicted octanol–water partition coefficient (Wildman–Crippen LogP) is 4.45. The minimum atomic E-state index is -0.498. The number of ketones is 1. The lowest BCUT2D eigenvalue weighted by atomic mass is 10.1. The van der Waals surface area contributed by atoms with Gasteiger partial charge in [-0.05, 0) is 24.3 Å². The molecule has 1 aromatic heterocycles. The second kappa shape index (κ2) is 8.64. The van der Waals surface area contributed by atoms with E-state index in [0.717, 1.165) is 0 Å². The Balaban J connectivity index is 1.87. The molecule has 0 atom stereocenters. The van der Waals surface area contributed by atoms with Crippen molar-refractivity contribution < 1.29 is 23.4 Å². The number of hydrogen-bond donors (Lipinski definition) is 0. The summed E-state index contributed by atoms with van der Waals surface area (Å²) in [5.41, 5.74) is 0.198. The number of aromatic nitrogens is 1. The highest BCUT2D eigenvalue weighted by molar-refractivity contribution is 7.09. The first kappa shape index (κ1) is 18.8. The van der Waals surface area contributed by atoms with Crippen molar-refractivity contribution in [3.8, 4) is 23.0 Å². The first-order valence-electron chi connectivity index (χ1n) is 8.18. The maximum Gasteiger partial charge on any atom is 0.203 e. The summed E-state index contributed by atoms with van der Waals surface area (Å²) in [7, 11) is 3.02. The Labute approximate surface area is 160 Å². The van der Waals surface area contributed by atoms with E-state index < -0.39 is 5.82 Å². The molecule has 2 aromatic carbocycles. The summed E-state index contributed by atoms with van der Waals surface area (Å²) in [4.78, 5) is 16.5. The van der Waals surface area contributed by atoms with Crippen LogP contribution < -0.4 is 14.2 Å². The van der Waals surface area contributed by atoms with Crippen LogP contribution in [0, 0.1) is 5.82 Å². The number of ether oxygens (including phenoxy) is 3. The molecule has 1 heterocycles. The van der Waals surface area contributed by atoms with Crippen LogP contribution in [0.3, 0.4) is 0 Å². The molecule has 0 bridgehead atoms. The van der Waals surface area contributed by atoms with Crippen LogP contribution in [0.1, 0.15) is 10.6 Å². The van der Waals surface area contributed by atoms with Gasteiger partial charge in [0, 0.05) is 23.6 Å². The Morgan fingerprint density at radius 3 is 2.48 bits per heavy atom. The van der Waals surface area contributed by atoms with Gasteiger partial charge in [-0.25, -0.2) is 9.37 Å². The molecule has 0 aliphatic heterocycles. The third kappa shape index (κ3) is 4.43. The van der Waals surface area contributed by atoms with Crippen molar-refractivity contribution in [2.75, 3.05) is 14.2 Å². The summed E-state index contributed by atoms with van der Waals surface area (Å²) in [5, 5.41) is 2.50. The maximum absolute atomic E-state index is 14.4. The minimum absolute atomic E-state index is 0.0894. The fourth-order valence-electron chi connectivity index (χ4n) is 2.63. The molecule has 5 nitrogen and oxygen atoms in total. The molecule has 0 aliphatic carbocycles. The second-order valence-electron chi connectivity index (χ2n) is 5.63. The van der Waals surface area contributed by atoms with Gasteiger partial charge in [-0.3, -0.25) is 4.79 Å². The average Bonchev–Trinajstić information content (AvgIpc) is 3.17. The van der Waals surface area contributed by atoms with Gasteiger partial charge in [0.15, 0.2) is 11.5 Å². The quantitative estimate of drug-likeness (QED) is 0.572. The molecule has 3 aromatic rings. The lowest BCUT2D eigenvalue weighted by Gasteiger charge is -2.15. The Bertz CT molecular complexity index is 928. The second-order valence-corrected chi connectivity index (χ2v) is 6.61. The normalized spacial score (nSPS) is 10.5. The predicted molar refractivity (Wildman–Crippen MR) is 101 cm³/mol. The zero-order valence-electron chi connectivity index (χ0n) is 14.9. The topological polar surface area (TPSA) is 57.7 Å². The standard InChI is InChI=1S/C20H18FNO4S/c1-24-17-7-4-8-18(20(17)25-2)26-16-6-3-5-15(21)14(16)11-13(23)12-19-22-9-10-27-19/h3-10H,11-12H2,1-2H3. The zero-order chi connectivity index (χ0) is 19.2. The first-order valence-corrected chi connectivity index (χ1v) is 9.06. The van der Waals surface area contributed by atoms with E-state index in [1.54, 1.807) is 35.8 Å².